The van der Waals surface area contributed by atoms with Gasteiger partial charge in [-0.05, 0) is 33.5 Å². The third kappa shape index (κ3) is 5.16. The zero-order chi connectivity index (χ0) is 20.1. The van der Waals surface area contributed by atoms with Gasteiger partial charge >= 0.3 is 0 Å². The Labute approximate surface area is 186 Å². The number of hydrogen-bond acceptors (Lipinski definition) is 4. The van der Waals surface area contributed by atoms with E-state index in [2.05, 4.69) is 34.0 Å². The van der Waals surface area contributed by atoms with Gasteiger partial charge in [0.05, 0.1) is 12.4 Å². The summed E-state index contributed by atoms with van der Waals surface area (Å²) in [7, 11) is 0. The summed E-state index contributed by atoms with van der Waals surface area (Å²) >= 11 is 0. The van der Waals surface area contributed by atoms with Crippen LogP contribution in [0.4, 0.5) is 0 Å². The van der Waals surface area contributed by atoms with E-state index in [-0.39, 0.29) is 36.7 Å². The van der Waals surface area contributed by atoms with E-state index in [1.807, 2.05) is 36.4 Å². The fourth-order valence-corrected chi connectivity index (χ4v) is 3.28. The molecule has 0 aliphatic carbocycles. The molecule has 0 atom stereocenters. The minimum absolute atomic E-state index is 0. The van der Waals surface area contributed by atoms with Crippen molar-refractivity contribution in [1.29, 1.82) is 10.8 Å². The van der Waals surface area contributed by atoms with E-state index in [1.54, 1.807) is 12.4 Å². The van der Waals surface area contributed by atoms with Gasteiger partial charge < -0.3 is 11.5 Å². The molecular formula is C20H24Cl2N8. The van der Waals surface area contributed by atoms with Crippen LogP contribution in [-0.4, -0.2) is 24.3 Å². The molecule has 30 heavy (non-hydrogen) atoms. The molecule has 0 saturated carbocycles. The minimum Gasteiger partial charge on any atom is -0.369 e. The maximum absolute atomic E-state index is 7.31. The predicted molar refractivity (Wildman–Crippen MR) is 131 cm³/mol. The fraction of sp³-hybridized carbons (Fsp3) is 0.100. The standard InChI is InChI=1S/C20H22N8.2ClH/c1-2-12-6-5-9-15-16(10-25-27-19(21)22)13-7-3-4-8-14(13)17(18(12)15)11-26-28-20(23)24;;/h3-11H,2H2,1H3,(H4,21,22,27)(H4,23,24,28);2*1H. The van der Waals surface area contributed by atoms with Crippen molar-refractivity contribution >= 4 is 70.7 Å². The summed E-state index contributed by atoms with van der Waals surface area (Å²) in [6.45, 7) is 2.10. The van der Waals surface area contributed by atoms with E-state index in [4.69, 9.17) is 22.3 Å². The van der Waals surface area contributed by atoms with Crippen LogP contribution in [0.5, 0.6) is 0 Å². The molecule has 0 aliphatic heterocycles. The lowest BCUT2D eigenvalue weighted by molar-refractivity contribution is 1.00. The van der Waals surface area contributed by atoms with Crippen LogP contribution in [0, 0.1) is 10.8 Å². The summed E-state index contributed by atoms with van der Waals surface area (Å²) in [5, 5.41) is 26.9. The van der Waals surface area contributed by atoms with Gasteiger partial charge in [0.25, 0.3) is 0 Å². The van der Waals surface area contributed by atoms with Gasteiger partial charge in [-0.15, -0.1) is 24.8 Å². The zero-order valence-electron chi connectivity index (χ0n) is 16.3. The second-order valence-corrected chi connectivity index (χ2v) is 6.13. The average Bonchev–Trinajstić information content (AvgIpc) is 2.68. The summed E-state index contributed by atoms with van der Waals surface area (Å²) in [4.78, 5) is 0. The highest BCUT2D eigenvalue weighted by Gasteiger charge is 2.14. The van der Waals surface area contributed by atoms with E-state index in [0.717, 1.165) is 39.1 Å². The van der Waals surface area contributed by atoms with Crippen molar-refractivity contribution in [3.63, 3.8) is 0 Å². The maximum atomic E-state index is 7.31. The third-order valence-corrected chi connectivity index (χ3v) is 4.36. The summed E-state index contributed by atoms with van der Waals surface area (Å²) < 4.78 is 0. The normalized spacial score (nSPS) is 10.7. The quantitative estimate of drug-likeness (QED) is 0.154. The molecule has 0 unspecified atom stereocenters. The van der Waals surface area contributed by atoms with Crippen LogP contribution in [-0.2, 0) is 6.42 Å². The molecule has 0 aliphatic rings. The Kier molecular flexibility index (Phi) is 9.04. The number of fused-ring (bicyclic) bond motifs is 2. The van der Waals surface area contributed by atoms with E-state index in [0.29, 0.717) is 0 Å². The predicted octanol–water partition coefficient (Wildman–Crippen LogP) is 3.03. The summed E-state index contributed by atoms with van der Waals surface area (Å²) in [6.07, 6.45) is 4.22. The second kappa shape index (κ2) is 11.0. The molecule has 3 aromatic carbocycles. The van der Waals surface area contributed by atoms with Crippen LogP contribution in [0.3, 0.4) is 0 Å². The number of guanidine groups is 2. The molecule has 0 radical (unpaired) electrons. The monoisotopic (exact) mass is 446 g/mol. The summed E-state index contributed by atoms with van der Waals surface area (Å²) in [6, 6.07) is 14.1. The van der Waals surface area contributed by atoms with E-state index >= 15 is 0 Å². The Balaban J connectivity index is 0.00000225. The number of hydrazone groups is 2. The topological polar surface area (TPSA) is 149 Å². The highest BCUT2D eigenvalue weighted by Crippen LogP contribution is 2.33. The fourth-order valence-electron chi connectivity index (χ4n) is 3.28. The number of nitrogens with two attached hydrogens (primary N) is 2. The van der Waals surface area contributed by atoms with Crippen LogP contribution in [0.25, 0.3) is 21.5 Å². The number of hydrogen-bond donors (Lipinski definition) is 6. The number of nitrogens with one attached hydrogen (secondary N) is 4. The maximum Gasteiger partial charge on any atom is 0.206 e. The highest BCUT2D eigenvalue weighted by molar-refractivity contribution is 6.22. The molecule has 158 valence electrons. The van der Waals surface area contributed by atoms with Gasteiger partial charge in [-0.3, -0.25) is 10.8 Å². The largest absolute Gasteiger partial charge is 0.369 e. The average molecular weight is 447 g/mol. The summed E-state index contributed by atoms with van der Waals surface area (Å²) in [5.74, 6) is -0.446. The number of benzene rings is 3. The third-order valence-electron chi connectivity index (χ3n) is 4.36. The van der Waals surface area contributed by atoms with Crippen molar-refractivity contribution in [3.8, 4) is 0 Å². The molecule has 8 nitrogen and oxygen atoms in total. The van der Waals surface area contributed by atoms with Gasteiger partial charge in [-0.1, -0.05) is 49.4 Å². The summed E-state index contributed by atoms with van der Waals surface area (Å²) in [5.41, 5.74) is 18.7. The highest BCUT2D eigenvalue weighted by atomic mass is 35.5. The van der Waals surface area contributed by atoms with E-state index < -0.39 is 0 Å². The van der Waals surface area contributed by atoms with E-state index in [1.165, 1.54) is 5.56 Å². The first-order valence-corrected chi connectivity index (χ1v) is 8.75. The lowest BCUT2D eigenvalue weighted by Gasteiger charge is -2.15. The minimum atomic E-state index is -0.224. The first-order valence-electron chi connectivity index (χ1n) is 8.75. The molecule has 0 saturated heterocycles. The Morgan fingerprint density at radius 1 is 0.833 bits per heavy atom. The van der Waals surface area contributed by atoms with Crippen LogP contribution in [0.15, 0.2) is 52.7 Å². The first kappa shape index (κ1) is 24.7. The van der Waals surface area contributed by atoms with Crippen molar-refractivity contribution in [3.05, 3.63) is 59.2 Å². The van der Waals surface area contributed by atoms with Crippen LogP contribution >= 0.6 is 24.8 Å². The molecule has 0 heterocycles. The van der Waals surface area contributed by atoms with Crippen LogP contribution in [0.1, 0.15) is 23.6 Å². The van der Waals surface area contributed by atoms with Crippen molar-refractivity contribution in [2.45, 2.75) is 13.3 Å². The van der Waals surface area contributed by atoms with Gasteiger partial charge in [0.2, 0.25) is 11.9 Å². The Hall–Kier alpha value is -3.36. The molecule has 0 aromatic heterocycles. The molecule has 0 amide bonds. The van der Waals surface area contributed by atoms with Gasteiger partial charge in [0.15, 0.2) is 0 Å². The van der Waals surface area contributed by atoms with Gasteiger partial charge in [-0.2, -0.15) is 10.2 Å². The molecule has 0 fully saturated rings. The lowest BCUT2D eigenvalue weighted by atomic mass is 9.89. The molecule has 3 rings (SSSR count). The smallest absolute Gasteiger partial charge is 0.206 e. The van der Waals surface area contributed by atoms with Crippen molar-refractivity contribution in [1.82, 2.24) is 10.9 Å². The Morgan fingerprint density at radius 3 is 1.87 bits per heavy atom. The van der Waals surface area contributed by atoms with Crippen LogP contribution < -0.4 is 22.3 Å². The van der Waals surface area contributed by atoms with Gasteiger partial charge in [0.1, 0.15) is 0 Å². The number of rotatable bonds is 5. The van der Waals surface area contributed by atoms with Crippen molar-refractivity contribution in [2.24, 2.45) is 21.7 Å². The molecule has 0 spiro atoms. The first-order chi connectivity index (χ1) is 13.5. The SMILES string of the molecule is CCc1cccc2c(C=NNC(=N)N)c3ccccc3c(C=NNC(=N)N)c12.Cl.Cl. The van der Waals surface area contributed by atoms with Crippen molar-refractivity contribution < 1.29 is 0 Å². The number of aryl methyl sites for hydroxylation is 1. The second-order valence-electron chi connectivity index (χ2n) is 6.13. The van der Waals surface area contributed by atoms with E-state index in [9.17, 15) is 0 Å². The Morgan fingerprint density at radius 2 is 1.33 bits per heavy atom. The Bertz CT molecular complexity index is 1120. The molecule has 10 heteroatoms. The lowest BCUT2D eigenvalue weighted by Crippen LogP contribution is -2.25. The molecule has 8 N–H and O–H groups in total. The van der Waals surface area contributed by atoms with Crippen LogP contribution in [0.2, 0.25) is 0 Å². The number of halogens is 2. The zero-order valence-corrected chi connectivity index (χ0v) is 17.9. The van der Waals surface area contributed by atoms with Crippen molar-refractivity contribution in [2.75, 3.05) is 0 Å². The molecular weight excluding hydrogens is 423 g/mol. The van der Waals surface area contributed by atoms with Gasteiger partial charge in [-0.25, -0.2) is 10.9 Å². The number of nitrogens with zero attached hydrogens (tertiary/aromatic N) is 2. The van der Waals surface area contributed by atoms with Gasteiger partial charge in [0, 0.05) is 11.1 Å². The molecule has 0 bridgehead atoms. The molecule has 3 aromatic rings.